The number of allylic oxidation sites excluding steroid dienone is 1. The number of nitriles is 1. The van der Waals surface area contributed by atoms with Crippen LogP contribution in [0.5, 0.6) is 17.2 Å². The van der Waals surface area contributed by atoms with Crippen LogP contribution >= 0.6 is 0 Å². The van der Waals surface area contributed by atoms with E-state index in [2.05, 4.69) is 38.6 Å². The molecule has 4 aromatic rings. The number of hydrogen-bond donors (Lipinski definition) is 2. The number of aliphatic hydroxyl groups is 2. The molecule has 2 aliphatic carbocycles. The second-order valence-electron chi connectivity index (χ2n) is 16.8. The fraction of sp³-hybridized carbons (Fsp3) is 0.404. The summed E-state index contributed by atoms with van der Waals surface area (Å²) >= 11 is 0. The van der Waals surface area contributed by atoms with Gasteiger partial charge in [-0.3, -0.25) is 4.79 Å². The molecule has 0 aromatic heterocycles. The summed E-state index contributed by atoms with van der Waals surface area (Å²) in [5, 5.41) is 34.3. The zero-order chi connectivity index (χ0) is 44.5. The van der Waals surface area contributed by atoms with Crippen molar-refractivity contribution < 1.29 is 38.4 Å². The molecule has 11 heteroatoms. The smallest absolute Gasteiger partial charge is 0.254 e. The average molecular weight is 856 g/mol. The summed E-state index contributed by atoms with van der Waals surface area (Å²) in [6, 6.07) is 25.9. The molecule has 63 heavy (non-hydrogen) atoms. The minimum atomic E-state index is -1.51. The molecule has 330 valence electrons. The Hall–Kier alpha value is -5.80. The van der Waals surface area contributed by atoms with Crippen molar-refractivity contribution in [1.29, 1.82) is 5.26 Å². The maximum Gasteiger partial charge on any atom is 0.254 e. The maximum absolute atomic E-state index is 15.2. The van der Waals surface area contributed by atoms with Crippen LogP contribution in [0.1, 0.15) is 96.0 Å². The summed E-state index contributed by atoms with van der Waals surface area (Å²) in [6.45, 7) is 10.7. The van der Waals surface area contributed by atoms with Gasteiger partial charge in [-0.05, 0) is 147 Å². The van der Waals surface area contributed by atoms with Gasteiger partial charge < -0.3 is 34.2 Å². The Bertz CT molecular complexity index is 2340. The second-order valence-corrected chi connectivity index (χ2v) is 16.8. The predicted octanol–water partition coefficient (Wildman–Crippen LogP) is 10.1. The summed E-state index contributed by atoms with van der Waals surface area (Å²) in [5.74, 6) is -1.00. The van der Waals surface area contributed by atoms with E-state index in [0.717, 1.165) is 42.4 Å². The molecule has 0 radical (unpaired) electrons. The highest BCUT2D eigenvalue weighted by atomic mass is 19.1. The molecular weight excluding hydrogens is 798 g/mol. The number of amides is 1. The molecule has 1 saturated carbocycles. The van der Waals surface area contributed by atoms with Crippen molar-refractivity contribution in [3.63, 3.8) is 0 Å². The standard InChI is InChI=1S/C52H58FN3O7/c1-5-27-60-52-48(56(33-37-16-20-40(53)21-17-37)51(59)38-18-14-36(32-54)15-19-38)31-46(55-61-6-2)44-29-39(11-7-9-25-57)43(12-8-10-26-58)49(50(44)52)45-30-42(23-24-47(45)63-52)62-41-22-13-34(3)35(4)28-41/h5,13-24,28-30,39,43,48-50,57-58H,1,6-12,25-27,31,33H2,2-4H3. The minimum Gasteiger partial charge on any atom is -0.459 e. The van der Waals surface area contributed by atoms with Crippen molar-refractivity contribution in [2.24, 2.45) is 22.9 Å². The Balaban J connectivity index is 1.47. The number of rotatable bonds is 19. The molecule has 2 N–H and O–H groups in total. The van der Waals surface area contributed by atoms with Gasteiger partial charge in [-0.25, -0.2) is 4.39 Å². The number of halogens is 1. The number of benzene rings is 4. The summed E-state index contributed by atoms with van der Waals surface area (Å²) in [7, 11) is 0. The summed E-state index contributed by atoms with van der Waals surface area (Å²) in [5.41, 5.74) is 6.27. The molecule has 4 aromatic carbocycles. The maximum atomic E-state index is 15.2. The Kier molecular flexibility index (Phi) is 14.8. The number of aliphatic hydroxyl groups excluding tert-OH is 2. The number of carbonyl (C=O) groups excluding carboxylic acids is 1. The van der Waals surface area contributed by atoms with Gasteiger partial charge in [-0.15, -0.1) is 6.58 Å². The molecule has 1 amide bonds. The lowest BCUT2D eigenvalue weighted by Gasteiger charge is -2.60. The quantitative estimate of drug-likeness (QED) is 0.0541. The van der Waals surface area contributed by atoms with Crippen LogP contribution in [0.2, 0.25) is 0 Å². The van der Waals surface area contributed by atoms with Crippen LogP contribution in [0, 0.1) is 48.7 Å². The Morgan fingerprint density at radius 1 is 0.968 bits per heavy atom. The van der Waals surface area contributed by atoms with Gasteiger partial charge in [-0.2, -0.15) is 5.26 Å². The Morgan fingerprint density at radius 2 is 1.68 bits per heavy atom. The highest BCUT2D eigenvalue weighted by molar-refractivity contribution is 6.03. The first kappa shape index (κ1) is 45.2. The number of hydrogen-bond acceptors (Lipinski definition) is 9. The van der Waals surface area contributed by atoms with Crippen LogP contribution in [0.3, 0.4) is 0 Å². The number of ether oxygens (including phenoxy) is 3. The molecular formula is C52H58FN3O7. The minimum absolute atomic E-state index is 0.0158. The van der Waals surface area contributed by atoms with Crippen molar-refractivity contribution in [2.75, 3.05) is 26.4 Å². The Labute approximate surface area is 370 Å². The first-order valence-electron chi connectivity index (χ1n) is 22.2. The van der Waals surface area contributed by atoms with E-state index in [0.29, 0.717) is 59.1 Å². The lowest BCUT2D eigenvalue weighted by atomic mass is 9.55. The van der Waals surface area contributed by atoms with Crippen molar-refractivity contribution in [3.05, 3.63) is 148 Å². The molecule has 1 aliphatic heterocycles. The number of carbonyl (C=O) groups is 1. The van der Waals surface area contributed by atoms with E-state index in [1.165, 1.54) is 17.7 Å². The third kappa shape index (κ3) is 9.74. The van der Waals surface area contributed by atoms with Crippen LogP contribution < -0.4 is 9.47 Å². The average Bonchev–Trinajstić information content (AvgIpc) is 3.29. The molecule has 7 rings (SSSR count). The van der Waals surface area contributed by atoms with Gasteiger partial charge in [0.15, 0.2) is 0 Å². The fourth-order valence-corrected chi connectivity index (χ4v) is 9.73. The summed E-state index contributed by atoms with van der Waals surface area (Å²) in [6.07, 6.45) is 8.64. The monoisotopic (exact) mass is 855 g/mol. The first-order chi connectivity index (χ1) is 30.6. The van der Waals surface area contributed by atoms with Gasteiger partial charge in [0.05, 0.1) is 29.9 Å². The lowest BCUT2D eigenvalue weighted by Crippen LogP contribution is -2.70. The van der Waals surface area contributed by atoms with Crippen LogP contribution in [-0.4, -0.2) is 65.0 Å². The molecule has 1 heterocycles. The van der Waals surface area contributed by atoms with Crippen molar-refractivity contribution >= 4 is 11.6 Å². The molecule has 6 unspecified atom stereocenters. The normalized spacial score (nSPS) is 22.8. The number of aryl methyl sites for hydroxylation is 2. The number of oxime groups is 1. The first-order valence-corrected chi connectivity index (χ1v) is 22.2. The zero-order valence-electron chi connectivity index (χ0n) is 36.5. The van der Waals surface area contributed by atoms with E-state index >= 15 is 4.79 Å². The number of unbranched alkanes of at least 4 members (excludes halogenated alkanes) is 2. The highest BCUT2D eigenvalue weighted by Gasteiger charge is 2.65. The van der Waals surface area contributed by atoms with E-state index in [1.807, 2.05) is 37.3 Å². The lowest BCUT2D eigenvalue weighted by molar-refractivity contribution is -0.255. The topological polar surface area (TPSA) is 134 Å². The highest BCUT2D eigenvalue weighted by Crippen LogP contribution is 2.62. The second kappa shape index (κ2) is 20.6. The molecule has 6 atom stereocenters. The van der Waals surface area contributed by atoms with E-state index < -0.39 is 23.6 Å². The molecule has 1 fully saturated rings. The largest absolute Gasteiger partial charge is 0.459 e. The molecule has 3 aliphatic rings. The molecule has 0 saturated heterocycles. The predicted molar refractivity (Wildman–Crippen MR) is 240 cm³/mol. The van der Waals surface area contributed by atoms with E-state index in [1.54, 1.807) is 47.4 Å². The van der Waals surface area contributed by atoms with Gasteiger partial charge >= 0.3 is 0 Å². The van der Waals surface area contributed by atoms with Crippen molar-refractivity contribution in [2.45, 2.75) is 90.0 Å². The summed E-state index contributed by atoms with van der Waals surface area (Å²) < 4.78 is 35.5. The van der Waals surface area contributed by atoms with Crippen molar-refractivity contribution in [3.8, 4) is 23.3 Å². The third-order valence-corrected chi connectivity index (χ3v) is 12.8. The van der Waals surface area contributed by atoms with Crippen molar-refractivity contribution in [1.82, 2.24) is 4.90 Å². The summed E-state index contributed by atoms with van der Waals surface area (Å²) in [4.78, 5) is 22.8. The van der Waals surface area contributed by atoms with E-state index in [9.17, 15) is 19.9 Å². The Morgan fingerprint density at radius 3 is 2.37 bits per heavy atom. The van der Waals surface area contributed by atoms with Gasteiger partial charge in [0.25, 0.3) is 5.91 Å². The van der Waals surface area contributed by atoms with Gasteiger partial charge in [0.2, 0.25) is 5.79 Å². The van der Waals surface area contributed by atoms with Crippen LogP contribution in [0.4, 0.5) is 4.39 Å². The fourth-order valence-electron chi connectivity index (χ4n) is 9.73. The number of nitrogens with zero attached hydrogens (tertiary/aromatic N) is 3. The van der Waals surface area contributed by atoms with Crippen LogP contribution in [-0.2, 0) is 16.1 Å². The van der Waals surface area contributed by atoms with Gasteiger partial charge in [-0.1, -0.05) is 48.3 Å². The SMILES string of the molecule is C=CCOC12Oc3ccc(Oc4ccc(C)c(C)c4)cc3C3C(CCCCO)C(CCCCO)C=C(C(=NOCC)CC1N(Cc1ccc(F)cc1)C(=O)c1ccc(C#N)cc1)C32. The van der Waals surface area contributed by atoms with E-state index in [-0.39, 0.29) is 56.4 Å². The van der Waals surface area contributed by atoms with Gasteiger partial charge in [0.1, 0.15) is 35.7 Å². The molecule has 0 bridgehead atoms. The van der Waals surface area contributed by atoms with E-state index in [4.69, 9.17) is 24.2 Å². The van der Waals surface area contributed by atoms with Gasteiger partial charge in [0, 0.05) is 43.2 Å². The number of fused-ring (bicyclic) bond motifs is 2. The van der Waals surface area contributed by atoms with Crippen LogP contribution in [0.25, 0.3) is 0 Å². The zero-order valence-corrected chi connectivity index (χ0v) is 36.5. The third-order valence-electron chi connectivity index (χ3n) is 12.8. The van der Waals surface area contributed by atoms with Crippen LogP contribution in [0.15, 0.2) is 114 Å². The molecule has 10 nitrogen and oxygen atoms in total. The molecule has 0 spiro atoms.